The van der Waals surface area contributed by atoms with Crippen LogP contribution in [0.2, 0.25) is 0 Å². The molecule has 76 valence electrons. The van der Waals surface area contributed by atoms with Crippen LogP contribution in [0.4, 0.5) is 0 Å². The van der Waals surface area contributed by atoms with Crippen LogP contribution in [0.15, 0.2) is 11.8 Å². The molecule has 0 amide bonds. The molecule has 1 aliphatic rings. The number of hydrogen-bond acceptors (Lipinski definition) is 4. The number of aliphatic hydroxyl groups excluding tert-OH is 1. The molecular weight excluding hydrogens is 170 g/mol. The number of aliphatic hydroxyl groups is 1. The van der Waals surface area contributed by atoms with Crippen molar-refractivity contribution in [1.29, 1.82) is 0 Å². The average molecular weight is 187 g/mol. The molecule has 1 heterocycles. The van der Waals surface area contributed by atoms with Crippen LogP contribution in [0.5, 0.6) is 0 Å². The second kappa shape index (κ2) is 5.96. The van der Waals surface area contributed by atoms with Crippen LogP contribution in [-0.4, -0.2) is 44.6 Å². The van der Waals surface area contributed by atoms with Gasteiger partial charge >= 0.3 is 0 Å². The molecule has 0 aromatic heterocycles. The molecule has 0 aliphatic carbocycles. The van der Waals surface area contributed by atoms with Crippen LogP contribution < -0.4 is 5.32 Å². The zero-order valence-electron chi connectivity index (χ0n) is 7.95. The summed E-state index contributed by atoms with van der Waals surface area (Å²) in [7, 11) is 1.65. The summed E-state index contributed by atoms with van der Waals surface area (Å²) < 4.78 is 10.1. The number of hydrogen-bond donors (Lipinski definition) is 2. The summed E-state index contributed by atoms with van der Waals surface area (Å²) in [5.74, 6) is 0.699. The summed E-state index contributed by atoms with van der Waals surface area (Å²) in [6.45, 7) is 2.63. The summed E-state index contributed by atoms with van der Waals surface area (Å²) >= 11 is 0. The molecule has 0 aromatic carbocycles. The maximum absolute atomic E-state index is 9.55. The van der Waals surface area contributed by atoms with E-state index in [1.54, 1.807) is 7.11 Å². The molecule has 0 saturated heterocycles. The van der Waals surface area contributed by atoms with E-state index in [0.717, 1.165) is 13.0 Å². The smallest absolute Gasteiger partial charge is 0.123 e. The number of methoxy groups -OCH3 is 1. The molecule has 2 N–H and O–H groups in total. The van der Waals surface area contributed by atoms with Gasteiger partial charge in [0.2, 0.25) is 0 Å². The van der Waals surface area contributed by atoms with Gasteiger partial charge in [-0.15, -0.1) is 0 Å². The molecule has 4 heteroatoms. The largest absolute Gasteiger partial charge is 0.495 e. The Morgan fingerprint density at radius 1 is 1.77 bits per heavy atom. The van der Waals surface area contributed by atoms with Gasteiger partial charge in [0, 0.05) is 26.6 Å². The van der Waals surface area contributed by atoms with E-state index < -0.39 is 6.10 Å². The molecule has 0 radical (unpaired) electrons. The second-order valence-electron chi connectivity index (χ2n) is 2.96. The fourth-order valence-electron chi connectivity index (χ4n) is 1.18. The minimum Gasteiger partial charge on any atom is -0.495 e. The highest BCUT2D eigenvalue weighted by Gasteiger charge is 2.14. The lowest BCUT2D eigenvalue weighted by Gasteiger charge is -2.12. The first-order valence-electron chi connectivity index (χ1n) is 4.55. The Balaban J connectivity index is 2.06. The van der Waals surface area contributed by atoms with E-state index in [2.05, 4.69) is 5.32 Å². The molecule has 1 rings (SSSR count). The highest BCUT2D eigenvalue weighted by Crippen LogP contribution is 2.12. The minimum atomic E-state index is -0.514. The summed E-state index contributed by atoms with van der Waals surface area (Å²) in [5.41, 5.74) is 0. The predicted molar refractivity (Wildman–Crippen MR) is 49.4 cm³/mol. The van der Waals surface area contributed by atoms with Gasteiger partial charge in [-0.1, -0.05) is 0 Å². The first kappa shape index (κ1) is 10.5. The van der Waals surface area contributed by atoms with Crippen molar-refractivity contribution in [3.8, 4) is 0 Å². The molecule has 0 spiro atoms. The van der Waals surface area contributed by atoms with Gasteiger partial charge in [-0.25, -0.2) is 0 Å². The molecule has 1 unspecified atom stereocenters. The second-order valence-corrected chi connectivity index (χ2v) is 2.96. The maximum atomic E-state index is 9.55. The van der Waals surface area contributed by atoms with Gasteiger partial charge in [0.05, 0.1) is 13.2 Å². The van der Waals surface area contributed by atoms with Crippen molar-refractivity contribution in [3.63, 3.8) is 0 Å². The first-order chi connectivity index (χ1) is 6.34. The molecule has 1 atom stereocenters. The Morgan fingerprint density at radius 3 is 3.23 bits per heavy atom. The zero-order chi connectivity index (χ0) is 9.52. The number of nitrogens with one attached hydrogen (secondary N) is 1. The Hall–Kier alpha value is -0.580. The van der Waals surface area contributed by atoms with Gasteiger partial charge in [-0.3, -0.25) is 0 Å². The lowest BCUT2D eigenvalue weighted by molar-refractivity contribution is 0.114. The highest BCUT2D eigenvalue weighted by atomic mass is 16.5. The van der Waals surface area contributed by atoms with Crippen molar-refractivity contribution < 1.29 is 14.6 Å². The van der Waals surface area contributed by atoms with Gasteiger partial charge in [0.1, 0.15) is 11.9 Å². The molecule has 0 fully saturated rings. The van der Waals surface area contributed by atoms with E-state index in [9.17, 15) is 5.11 Å². The van der Waals surface area contributed by atoms with E-state index in [0.29, 0.717) is 25.5 Å². The van der Waals surface area contributed by atoms with Gasteiger partial charge in [-0.2, -0.15) is 0 Å². The topological polar surface area (TPSA) is 50.7 Å². The molecule has 0 bridgehead atoms. The third-order valence-corrected chi connectivity index (χ3v) is 1.88. The van der Waals surface area contributed by atoms with E-state index in [4.69, 9.17) is 9.47 Å². The quantitative estimate of drug-likeness (QED) is 0.570. The predicted octanol–water partition coefficient (Wildman–Crippen LogP) is -0.113. The molecule has 4 nitrogen and oxygen atoms in total. The molecule has 13 heavy (non-hydrogen) atoms. The van der Waals surface area contributed by atoms with E-state index in [1.165, 1.54) is 0 Å². The maximum Gasteiger partial charge on any atom is 0.123 e. The summed E-state index contributed by atoms with van der Waals surface area (Å²) in [5, 5.41) is 12.6. The molecule has 0 aromatic rings. The van der Waals surface area contributed by atoms with Crippen molar-refractivity contribution >= 4 is 0 Å². The van der Waals surface area contributed by atoms with Crippen molar-refractivity contribution in [1.82, 2.24) is 5.32 Å². The van der Waals surface area contributed by atoms with Crippen molar-refractivity contribution in [2.45, 2.75) is 12.5 Å². The van der Waals surface area contributed by atoms with Crippen LogP contribution in [0.3, 0.4) is 0 Å². The Bertz CT molecular complexity index is 170. The molecule has 1 aliphatic heterocycles. The lowest BCUT2D eigenvalue weighted by atomic mass is 10.2. The standard InChI is InChI=1S/C9H17NO3/c1-12-6-4-10-7-8(11)9-3-2-5-13-9/h3,8,10-11H,2,4-7H2,1H3. The number of ether oxygens (including phenoxy) is 2. The third kappa shape index (κ3) is 3.76. The van der Waals surface area contributed by atoms with Crippen LogP contribution in [-0.2, 0) is 9.47 Å². The SMILES string of the molecule is COCCNCC(O)C1=CCCO1. The van der Waals surface area contributed by atoms with Gasteiger partial charge in [0.15, 0.2) is 0 Å². The van der Waals surface area contributed by atoms with Crippen molar-refractivity contribution in [3.05, 3.63) is 11.8 Å². The molecule has 0 saturated carbocycles. The Labute approximate surface area is 78.5 Å². The monoisotopic (exact) mass is 187 g/mol. The van der Waals surface area contributed by atoms with Gasteiger partial charge in [-0.05, 0) is 6.08 Å². The zero-order valence-corrected chi connectivity index (χ0v) is 7.95. The third-order valence-electron chi connectivity index (χ3n) is 1.88. The van der Waals surface area contributed by atoms with Crippen LogP contribution in [0.25, 0.3) is 0 Å². The minimum absolute atomic E-state index is 0.514. The average Bonchev–Trinajstić information content (AvgIpc) is 2.65. The van der Waals surface area contributed by atoms with Crippen LogP contribution in [0, 0.1) is 0 Å². The van der Waals surface area contributed by atoms with Gasteiger partial charge < -0.3 is 19.9 Å². The van der Waals surface area contributed by atoms with Crippen molar-refractivity contribution in [2.24, 2.45) is 0 Å². The lowest BCUT2D eigenvalue weighted by Crippen LogP contribution is -2.30. The number of rotatable bonds is 6. The normalized spacial score (nSPS) is 18.2. The van der Waals surface area contributed by atoms with Crippen LogP contribution in [0.1, 0.15) is 6.42 Å². The summed E-state index contributed by atoms with van der Waals surface area (Å²) in [4.78, 5) is 0. The van der Waals surface area contributed by atoms with Crippen LogP contribution >= 0.6 is 0 Å². The van der Waals surface area contributed by atoms with Crippen molar-refractivity contribution in [2.75, 3.05) is 33.4 Å². The highest BCUT2D eigenvalue weighted by molar-refractivity contribution is 5.04. The van der Waals surface area contributed by atoms with E-state index in [-0.39, 0.29) is 0 Å². The van der Waals surface area contributed by atoms with E-state index in [1.807, 2.05) is 6.08 Å². The first-order valence-corrected chi connectivity index (χ1v) is 4.55. The Kier molecular flexibility index (Phi) is 4.82. The Morgan fingerprint density at radius 2 is 2.62 bits per heavy atom. The van der Waals surface area contributed by atoms with Gasteiger partial charge in [0.25, 0.3) is 0 Å². The van der Waals surface area contributed by atoms with E-state index >= 15 is 0 Å². The fourth-order valence-corrected chi connectivity index (χ4v) is 1.18. The fraction of sp³-hybridized carbons (Fsp3) is 0.778. The summed E-state index contributed by atoms with van der Waals surface area (Å²) in [6.07, 6.45) is 2.33. The summed E-state index contributed by atoms with van der Waals surface area (Å²) in [6, 6.07) is 0. The molecular formula is C9H17NO3.